The van der Waals surface area contributed by atoms with Gasteiger partial charge >= 0.3 is 0 Å². The number of nitrogens with zero attached hydrogens (tertiary/aromatic N) is 1. The van der Waals surface area contributed by atoms with E-state index in [-0.39, 0.29) is 6.04 Å². The summed E-state index contributed by atoms with van der Waals surface area (Å²) in [6.45, 7) is 2.15. The Morgan fingerprint density at radius 1 is 1.30 bits per heavy atom. The Balaban J connectivity index is 2.05. The van der Waals surface area contributed by atoms with Gasteiger partial charge in [-0.25, -0.2) is 0 Å². The molecule has 0 saturated heterocycles. The predicted octanol–water partition coefficient (Wildman–Crippen LogP) is 5.66. The number of hydrogen-bond donors (Lipinski definition) is 0. The van der Waals surface area contributed by atoms with Crippen molar-refractivity contribution in [2.75, 3.05) is 0 Å². The maximum absolute atomic E-state index is 4.73. The summed E-state index contributed by atoms with van der Waals surface area (Å²) in [7, 11) is 0. The molecule has 1 aromatic rings. The van der Waals surface area contributed by atoms with Crippen molar-refractivity contribution >= 4 is 28.8 Å². The van der Waals surface area contributed by atoms with E-state index in [4.69, 9.17) is 4.99 Å². The topological polar surface area (TPSA) is 12.4 Å². The monoisotopic (exact) mass is 377 g/mol. The Bertz CT molecular complexity index is 526. The summed E-state index contributed by atoms with van der Waals surface area (Å²) in [5.74, 6) is 0.429. The van der Waals surface area contributed by atoms with Crippen molar-refractivity contribution in [1.82, 2.24) is 0 Å². The van der Waals surface area contributed by atoms with Gasteiger partial charge in [0.05, 0.1) is 6.04 Å². The summed E-state index contributed by atoms with van der Waals surface area (Å²) < 4.78 is 2.06. The molecule has 1 aliphatic carbocycles. The first-order chi connectivity index (χ1) is 9.79. The predicted molar refractivity (Wildman–Crippen MR) is 96.5 cm³/mol. The molecule has 2 rings (SSSR count). The van der Waals surface area contributed by atoms with E-state index in [0.29, 0.717) is 5.92 Å². The highest BCUT2D eigenvalue weighted by Gasteiger charge is 2.07. The third kappa shape index (κ3) is 4.75. The highest BCUT2D eigenvalue weighted by molar-refractivity contribution is 14.1. The summed E-state index contributed by atoms with van der Waals surface area (Å²) in [4.78, 5) is 4.73. The van der Waals surface area contributed by atoms with Crippen LogP contribution in [-0.4, -0.2) is 6.21 Å². The molecule has 0 fully saturated rings. The number of rotatable bonds is 4. The fraction of sp³-hybridized carbons (Fsp3) is 0.278. The Morgan fingerprint density at radius 2 is 2.10 bits per heavy atom. The second-order valence-corrected chi connectivity index (χ2v) is 5.71. The van der Waals surface area contributed by atoms with E-state index in [0.717, 1.165) is 12.8 Å². The van der Waals surface area contributed by atoms with E-state index in [1.165, 1.54) is 11.1 Å². The van der Waals surface area contributed by atoms with Crippen molar-refractivity contribution in [1.29, 1.82) is 0 Å². The van der Waals surface area contributed by atoms with Crippen LogP contribution < -0.4 is 0 Å². The van der Waals surface area contributed by atoms with E-state index < -0.39 is 0 Å². The molecular formula is C18H20IN. The van der Waals surface area contributed by atoms with Crippen molar-refractivity contribution in [3.8, 4) is 0 Å². The molecule has 0 aromatic heterocycles. The van der Waals surface area contributed by atoms with Gasteiger partial charge in [-0.3, -0.25) is 4.99 Å². The van der Waals surface area contributed by atoms with E-state index in [1.807, 2.05) is 6.07 Å². The van der Waals surface area contributed by atoms with Crippen molar-refractivity contribution in [2.24, 2.45) is 10.9 Å². The highest BCUT2D eigenvalue weighted by atomic mass is 127. The molecule has 0 N–H and O–H groups in total. The zero-order valence-corrected chi connectivity index (χ0v) is 13.9. The smallest absolute Gasteiger partial charge is 0.0717 e. The highest BCUT2D eigenvalue weighted by Crippen LogP contribution is 2.20. The normalized spacial score (nSPS) is 21.1. The van der Waals surface area contributed by atoms with Gasteiger partial charge in [0.15, 0.2) is 0 Å². The number of halogens is 1. The standard InChI is InChI=1S/C18H20IN/c1-15(18-9-3-2-4-10-18)20-14-17-8-6-5-7-16(13-17)11-12-19/h2-5,7,9-15,17H,6,8H2,1H3/b12-11+,20-14?/t15-,17?/m0/s1. The first-order valence-corrected chi connectivity index (χ1v) is 8.27. The summed E-state index contributed by atoms with van der Waals surface area (Å²) in [6, 6.07) is 10.7. The Labute approximate surface area is 135 Å². The molecule has 0 spiro atoms. The lowest BCUT2D eigenvalue weighted by atomic mass is 10.0. The molecule has 2 atom stereocenters. The maximum Gasteiger partial charge on any atom is 0.0717 e. The number of benzene rings is 1. The van der Waals surface area contributed by atoms with Crippen molar-refractivity contribution < 1.29 is 0 Å². The van der Waals surface area contributed by atoms with Crippen LogP contribution in [0.5, 0.6) is 0 Å². The summed E-state index contributed by atoms with van der Waals surface area (Å²) in [5, 5.41) is 0. The number of allylic oxidation sites excluding steroid dienone is 5. The van der Waals surface area contributed by atoms with Crippen LogP contribution in [0.15, 0.2) is 69.3 Å². The average molecular weight is 377 g/mol. The minimum absolute atomic E-state index is 0.226. The Kier molecular flexibility index (Phi) is 6.25. The van der Waals surface area contributed by atoms with Gasteiger partial charge in [0.2, 0.25) is 0 Å². The fourth-order valence-electron chi connectivity index (χ4n) is 2.25. The lowest BCUT2D eigenvalue weighted by Crippen LogP contribution is -2.00. The largest absolute Gasteiger partial charge is 0.289 e. The van der Waals surface area contributed by atoms with Gasteiger partial charge in [0, 0.05) is 12.1 Å². The van der Waals surface area contributed by atoms with Crippen molar-refractivity contribution in [2.45, 2.75) is 25.8 Å². The molecule has 1 aliphatic rings. The zero-order chi connectivity index (χ0) is 14.2. The molecule has 0 amide bonds. The molecule has 104 valence electrons. The number of hydrogen-bond acceptors (Lipinski definition) is 1. The molecule has 1 unspecified atom stereocenters. The van der Waals surface area contributed by atoms with Gasteiger partial charge in [-0.1, -0.05) is 71.2 Å². The molecule has 0 bridgehead atoms. The van der Waals surface area contributed by atoms with Crippen molar-refractivity contribution in [3.63, 3.8) is 0 Å². The minimum Gasteiger partial charge on any atom is -0.289 e. The van der Waals surface area contributed by atoms with E-state index in [1.54, 1.807) is 0 Å². The van der Waals surface area contributed by atoms with Crippen LogP contribution >= 0.6 is 22.6 Å². The van der Waals surface area contributed by atoms with Crippen LogP contribution in [0.4, 0.5) is 0 Å². The van der Waals surface area contributed by atoms with Crippen LogP contribution in [0.25, 0.3) is 0 Å². The molecule has 2 heteroatoms. The van der Waals surface area contributed by atoms with Gasteiger partial charge in [-0.15, -0.1) is 0 Å². The zero-order valence-electron chi connectivity index (χ0n) is 11.7. The molecular weight excluding hydrogens is 357 g/mol. The lowest BCUT2D eigenvalue weighted by Gasteiger charge is -2.09. The second-order valence-electron chi connectivity index (χ2n) is 4.99. The first-order valence-electron chi connectivity index (χ1n) is 7.03. The van der Waals surface area contributed by atoms with Gasteiger partial charge in [-0.2, -0.15) is 0 Å². The van der Waals surface area contributed by atoms with Crippen molar-refractivity contribution in [3.05, 3.63) is 69.9 Å². The Morgan fingerprint density at radius 3 is 2.85 bits per heavy atom. The summed E-state index contributed by atoms with van der Waals surface area (Å²) >= 11 is 2.26. The third-order valence-corrected chi connectivity index (χ3v) is 3.78. The van der Waals surface area contributed by atoms with Crippen LogP contribution in [0, 0.1) is 5.92 Å². The van der Waals surface area contributed by atoms with Crippen LogP contribution in [0.2, 0.25) is 0 Å². The second kappa shape index (κ2) is 8.20. The summed E-state index contributed by atoms with van der Waals surface area (Å²) in [5.41, 5.74) is 2.55. The lowest BCUT2D eigenvalue weighted by molar-refractivity contribution is 0.751. The molecule has 0 saturated carbocycles. The maximum atomic E-state index is 4.73. The van der Waals surface area contributed by atoms with E-state index in [2.05, 4.69) is 88.4 Å². The summed E-state index contributed by atoms with van der Waals surface area (Å²) in [6.07, 6.45) is 13.3. The average Bonchev–Trinajstić information content (AvgIpc) is 2.71. The minimum atomic E-state index is 0.226. The molecule has 0 aliphatic heterocycles. The quantitative estimate of drug-likeness (QED) is 0.474. The van der Waals surface area contributed by atoms with Crippen LogP contribution in [0.1, 0.15) is 31.4 Å². The molecule has 0 radical (unpaired) electrons. The van der Waals surface area contributed by atoms with Gasteiger partial charge in [-0.05, 0) is 41.1 Å². The SMILES string of the molecule is C[C@H](N=CC1C=C(/C=C/I)C=CCC1)c1ccccc1. The molecule has 0 heterocycles. The van der Waals surface area contributed by atoms with E-state index in [9.17, 15) is 0 Å². The fourth-order valence-corrected chi connectivity index (χ4v) is 2.67. The van der Waals surface area contributed by atoms with Crippen LogP contribution in [0.3, 0.4) is 0 Å². The molecule has 1 aromatic carbocycles. The van der Waals surface area contributed by atoms with Gasteiger partial charge < -0.3 is 0 Å². The van der Waals surface area contributed by atoms with E-state index >= 15 is 0 Å². The molecule has 20 heavy (non-hydrogen) atoms. The molecule has 1 nitrogen and oxygen atoms in total. The van der Waals surface area contributed by atoms with Gasteiger partial charge in [0.25, 0.3) is 0 Å². The first kappa shape index (κ1) is 15.2. The number of aliphatic imine (C=N–C) groups is 1. The van der Waals surface area contributed by atoms with Crippen LogP contribution in [-0.2, 0) is 0 Å². The third-order valence-electron chi connectivity index (χ3n) is 3.42. The van der Waals surface area contributed by atoms with Gasteiger partial charge in [0.1, 0.15) is 0 Å². The Hall–Kier alpha value is -1.16.